The molecule has 2 aromatic rings. The number of thiazole rings is 1. The quantitative estimate of drug-likeness (QED) is 0.732. The zero-order valence-corrected chi connectivity index (χ0v) is 13.1. The second kappa shape index (κ2) is 7.21. The first-order valence-corrected chi connectivity index (χ1v) is 7.83. The first-order valence-electron chi connectivity index (χ1n) is 6.95. The van der Waals surface area contributed by atoms with Crippen molar-refractivity contribution in [2.24, 2.45) is 0 Å². The van der Waals surface area contributed by atoms with Crippen molar-refractivity contribution >= 4 is 22.4 Å². The predicted molar refractivity (Wildman–Crippen MR) is 82.9 cm³/mol. The molecule has 0 aliphatic heterocycles. The van der Waals surface area contributed by atoms with Crippen molar-refractivity contribution < 1.29 is 9.90 Å². The van der Waals surface area contributed by atoms with Gasteiger partial charge in [-0.1, -0.05) is 0 Å². The number of nitrogens with one attached hydrogen (secondary N) is 1. The summed E-state index contributed by atoms with van der Waals surface area (Å²) in [5.74, 6) is -0.789. The smallest absolute Gasteiger partial charge is 0.303 e. The number of aromatic nitrogens is 3. The van der Waals surface area contributed by atoms with Gasteiger partial charge < -0.3 is 10.4 Å². The maximum atomic E-state index is 10.5. The monoisotopic (exact) mass is 308 g/mol. The van der Waals surface area contributed by atoms with Gasteiger partial charge in [0.2, 0.25) is 0 Å². The molecule has 0 spiro atoms. The number of carboxylic acid groups (broad SMARTS) is 1. The summed E-state index contributed by atoms with van der Waals surface area (Å²) < 4.78 is 2.01. The molecule has 0 atom stereocenters. The Morgan fingerprint density at radius 1 is 1.48 bits per heavy atom. The Kier molecular flexibility index (Phi) is 5.32. The maximum absolute atomic E-state index is 10.5. The maximum Gasteiger partial charge on any atom is 0.303 e. The molecule has 0 aliphatic carbocycles. The van der Waals surface area contributed by atoms with Crippen LogP contribution in [0.3, 0.4) is 0 Å². The van der Waals surface area contributed by atoms with E-state index in [9.17, 15) is 4.79 Å². The minimum absolute atomic E-state index is 0.126. The number of rotatable bonds is 8. The molecule has 114 valence electrons. The lowest BCUT2D eigenvalue weighted by Gasteiger charge is -2.05. The van der Waals surface area contributed by atoms with Crippen molar-refractivity contribution in [3.8, 4) is 0 Å². The molecule has 0 radical (unpaired) electrons. The van der Waals surface area contributed by atoms with Crippen molar-refractivity contribution in [2.75, 3.05) is 11.9 Å². The van der Waals surface area contributed by atoms with Gasteiger partial charge in [-0.2, -0.15) is 5.10 Å². The third-order valence-corrected chi connectivity index (χ3v) is 3.92. The van der Waals surface area contributed by atoms with Gasteiger partial charge >= 0.3 is 5.97 Å². The van der Waals surface area contributed by atoms with Gasteiger partial charge in [-0.05, 0) is 26.3 Å². The van der Waals surface area contributed by atoms with E-state index >= 15 is 0 Å². The molecule has 0 amide bonds. The summed E-state index contributed by atoms with van der Waals surface area (Å²) in [6.45, 7) is 5.76. The number of carbonyl (C=O) groups is 1. The number of aliphatic carboxylic acids is 1. The van der Waals surface area contributed by atoms with E-state index in [1.807, 2.05) is 17.0 Å². The van der Waals surface area contributed by atoms with Crippen LogP contribution in [-0.2, 0) is 17.8 Å². The summed E-state index contributed by atoms with van der Waals surface area (Å²) in [6.07, 6.45) is 1.58. The lowest BCUT2D eigenvalue weighted by atomic mass is 10.2. The fourth-order valence-electron chi connectivity index (χ4n) is 2.06. The molecule has 2 heterocycles. The Morgan fingerprint density at radius 2 is 2.29 bits per heavy atom. The lowest BCUT2D eigenvalue weighted by molar-refractivity contribution is -0.136. The van der Waals surface area contributed by atoms with Gasteiger partial charge in [-0.15, -0.1) is 11.3 Å². The van der Waals surface area contributed by atoms with Crippen LogP contribution >= 0.6 is 11.3 Å². The molecule has 0 aliphatic rings. The van der Waals surface area contributed by atoms with Crippen LogP contribution in [0.4, 0.5) is 5.13 Å². The summed E-state index contributed by atoms with van der Waals surface area (Å²) in [5.41, 5.74) is 3.06. The molecule has 6 nitrogen and oxygen atoms in total. The van der Waals surface area contributed by atoms with E-state index in [0.29, 0.717) is 6.42 Å². The van der Waals surface area contributed by atoms with Crippen LogP contribution in [-0.4, -0.2) is 32.4 Å². The highest BCUT2D eigenvalue weighted by Crippen LogP contribution is 2.16. The van der Waals surface area contributed by atoms with Crippen LogP contribution in [0.5, 0.6) is 0 Å². The molecule has 0 saturated heterocycles. The van der Waals surface area contributed by atoms with Crippen LogP contribution in [0.1, 0.15) is 29.9 Å². The summed E-state index contributed by atoms with van der Waals surface area (Å²) in [5, 5.41) is 19.1. The minimum Gasteiger partial charge on any atom is -0.481 e. The normalized spacial score (nSPS) is 10.8. The average molecular weight is 308 g/mol. The molecular weight excluding hydrogens is 288 g/mol. The van der Waals surface area contributed by atoms with E-state index < -0.39 is 5.97 Å². The van der Waals surface area contributed by atoms with Gasteiger partial charge in [-0.3, -0.25) is 9.48 Å². The molecular formula is C14H20N4O2S. The van der Waals surface area contributed by atoms with Crippen molar-refractivity contribution in [1.29, 1.82) is 0 Å². The standard InChI is InChI=1S/C14H20N4O2S/c1-10-8-11(2)18(17-10)7-3-6-15-14-16-12(9-21-14)4-5-13(19)20/h8-9H,3-7H2,1-2H3,(H,15,16)(H,19,20). The van der Waals surface area contributed by atoms with Gasteiger partial charge in [0.05, 0.1) is 17.8 Å². The number of nitrogens with zero attached hydrogens (tertiary/aromatic N) is 3. The van der Waals surface area contributed by atoms with E-state index in [0.717, 1.165) is 36.0 Å². The van der Waals surface area contributed by atoms with Gasteiger partial charge in [0.25, 0.3) is 0 Å². The molecule has 0 unspecified atom stereocenters. The molecule has 2 rings (SSSR count). The topological polar surface area (TPSA) is 80.0 Å². The van der Waals surface area contributed by atoms with Gasteiger partial charge in [0.15, 0.2) is 5.13 Å². The minimum atomic E-state index is -0.789. The lowest BCUT2D eigenvalue weighted by Crippen LogP contribution is -2.09. The van der Waals surface area contributed by atoms with Crippen molar-refractivity contribution in [3.05, 3.63) is 28.5 Å². The molecule has 2 N–H and O–H groups in total. The van der Waals surface area contributed by atoms with Crippen LogP contribution in [0.15, 0.2) is 11.4 Å². The molecule has 0 fully saturated rings. The first-order chi connectivity index (χ1) is 10.0. The molecule has 0 aromatic carbocycles. The van der Waals surface area contributed by atoms with Gasteiger partial charge in [0, 0.05) is 30.6 Å². The summed E-state index contributed by atoms with van der Waals surface area (Å²) >= 11 is 1.52. The Morgan fingerprint density at radius 3 is 2.95 bits per heavy atom. The van der Waals surface area contributed by atoms with E-state index in [1.165, 1.54) is 17.0 Å². The van der Waals surface area contributed by atoms with Crippen molar-refractivity contribution in [3.63, 3.8) is 0 Å². The Labute approximate surface area is 127 Å². The zero-order chi connectivity index (χ0) is 15.2. The van der Waals surface area contributed by atoms with Crippen LogP contribution < -0.4 is 5.32 Å². The van der Waals surface area contributed by atoms with Crippen LogP contribution in [0.2, 0.25) is 0 Å². The van der Waals surface area contributed by atoms with E-state index in [4.69, 9.17) is 5.11 Å². The number of hydrogen-bond acceptors (Lipinski definition) is 5. The van der Waals surface area contributed by atoms with Crippen molar-refractivity contribution in [1.82, 2.24) is 14.8 Å². The summed E-state index contributed by atoms with van der Waals surface area (Å²) in [4.78, 5) is 14.9. The van der Waals surface area contributed by atoms with Crippen LogP contribution in [0, 0.1) is 13.8 Å². The highest BCUT2D eigenvalue weighted by atomic mass is 32.1. The van der Waals surface area contributed by atoms with E-state index in [1.54, 1.807) is 0 Å². The highest BCUT2D eigenvalue weighted by Gasteiger charge is 2.05. The Balaban J connectivity index is 1.71. The SMILES string of the molecule is Cc1cc(C)n(CCCNc2nc(CCC(=O)O)cs2)n1. The van der Waals surface area contributed by atoms with Crippen LogP contribution in [0.25, 0.3) is 0 Å². The first kappa shape index (κ1) is 15.5. The fraction of sp³-hybridized carbons (Fsp3) is 0.500. The largest absolute Gasteiger partial charge is 0.481 e. The van der Waals surface area contributed by atoms with Gasteiger partial charge in [0.1, 0.15) is 0 Å². The number of aryl methyl sites for hydroxylation is 4. The third-order valence-electron chi connectivity index (χ3n) is 3.07. The van der Waals surface area contributed by atoms with Gasteiger partial charge in [-0.25, -0.2) is 4.98 Å². The second-order valence-corrected chi connectivity index (χ2v) is 5.83. The predicted octanol–water partition coefficient (Wildman–Crippen LogP) is 2.48. The summed E-state index contributed by atoms with van der Waals surface area (Å²) in [6, 6.07) is 2.07. The number of anilines is 1. The van der Waals surface area contributed by atoms with E-state index in [-0.39, 0.29) is 6.42 Å². The average Bonchev–Trinajstić information content (AvgIpc) is 2.99. The molecule has 2 aromatic heterocycles. The zero-order valence-electron chi connectivity index (χ0n) is 12.3. The van der Waals surface area contributed by atoms with E-state index in [2.05, 4.69) is 28.4 Å². The fourth-order valence-corrected chi connectivity index (χ4v) is 2.84. The molecule has 0 bridgehead atoms. The molecule has 0 saturated carbocycles. The Hall–Kier alpha value is -1.89. The molecule has 21 heavy (non-hydrogen) atoms. The summed E-state index contributed by atoms with van der Waals surface area (Å²) in [7, 11) is 0. The third kappa shape index (κ3) is 4.86. The second-order valence-electron chi connectivity index (χ2n) is 4.97. The number of carboxylic acids is 1. The van der Waals surface area contributed by atoms with Crippen molar-refractivity contribution in [2.45, 2.75) is 39.7 Å². The highest BCUT2D eigenvalue weighted by molar-refractivity contribution is 7.13. The number of hydrogen-bond donors (Lipinski definition) is 2. The Bertz CT molecular complexity index is 606. The molecule has 7 heteroatoms.